The molecule has 2 heteroatoms. The molecule has 5 atom stereocenters. The molecule has 0 heterocycles. The molecule has 0 aliphatic heterocycles. The highest BCUT2D eigenvalue weighted by Gasteiger charge is 2.61. The molecule has 2 nitrogen and oxygen atoms in total. The maximum atomic E-state index is 12.2. The molecule has 0 aromatic rings. The Morgan fingerprint density at radius 3 is 2.71 bits per heavy atom. The van der Waals surface area contributed by atoms with Crippen molar-refractivity contribution in [1.82, 2.24) is 0 Å². The lowest BCUT2D eigenvalue weighted by molar-refractivity contribution is -0.238. The van der Waals surface area contributed by atoms with Crippen LogP contribution in [0.25, 0.3) is 0 Å². The molecule has 0 N–H and O–H groups in total. The van der Waals surface area contributed by atoms with Crippen LogP contribution in [0.1, 0.15) is 39.0 Å². The summed E-state index contributed by atoms with van der Waals surface area (Å²) in [5.74, 6) is 1.18. The third-order valence-corrected chi connectivity index (χ3v) is 4.96. The van der Waals surface area contributed by atoms with Crippen LogP contribution in [0.5, 0.6) is 0 Å². The molecular formula is C12H19O2. The summed E-state index contributed by atoms with van der Waals surface area (Å²) >= 11 is 0. The first-order chi connectivity index (χ1) is 6.57. The predicted molar refractivity (Wildman–Crippen MR) is 52.4 cm³/mol. The zero-order valence-corrected chi connectivity index (χ0v) is 9.08. The van der Waals surface area contributed by atoms with Crippen LogP contribution in [0.3, 0.4) is 0 Å². The van der Waals surface area contributed by atoms with Crippen molar-refractivity contribution in [1.29, 1.82) is 0 Å². The van der Waals surface area contributed by atoms with Crippen molar-refractivity contribution in [2.24, 2.45) is 17.3 Å². The molecule has 79 valence electrons. The number of methoxy groups -OCH3 is 1. The summed E-state index contributed by atoms with van der Waals surface area (Å²) < 4.78 is 5.73. The quantitative estimate of drug-likeness (QED) is 0.631. The van der Waals surface area contributed by atoms with Gasteiger partial charge >= 0.3 is 0 Å². The molecule has 4 rings (SSSR count). The second-order valence-corrected chi connectivity index (χ2v) is 6.11. The SMILES string of the molecule is CO[C@]12C[C@@H]3C[C@H](C1)C([O])[C@@](C)(C3)C2. The lowest BCUT2D eigenvalue weighted by atomic mass is 9.47. The fourth-order valence-electron chi connectivity index (χ4n) is 4.70. The molecular weight excluding hydrogens is 176 g/mol. The zero-order chi connectivity index (χ0) is 9.97. The number of hydrogen-bond acceptors (Lipinski definition) is 1. The van der Waals surface area contributed by atoms with Crippen LogP contribution in [0.15, 0.2) is 0 Å². The summed E-state index contributed by atoms with van der Waals surface area (Å²) in [4.78, 5) is 0. The van der Waals surface area contributed by atoms with E-state index in [1.807, 2.05) is 7.11 Å². The second kappa shape index (κ2) is 2.53. The van der Waals surface area contributed by atoms with Crippen molar-refractivity contribution in [2.45, 2.75) is 50.7 Å². The van der Waals surface area contributed by atoms with Crippen molar-refractivity contribution in [2.75, 3.05) is 7.11 Å². The van der Waals surface area contributed by atoms with Gasteiger partial charge in [-0.25, -0.2) is 5.11 Å². The van der Waals surface area contributed by atoms with E-state index in [0.29, 0.717) is 5.92 Å². The van der Waals surface area contributed by atoms with E-state index >= 15 is 0 Å². The van der Waals surface area contributed by atoms with Gasteiger partial charge in [-0.2, -0.15) is 0 Å². The van der Waals surface area contributed by atoms with Gasteiger partial charge in [0.15, 0.2) is 0 Å². The van der Waals surface area contributed by atoms with Crippen molar-refractivity contribution < 1.29 is 9.84 Å². The molecule has 1 radical (unpaired) electrons. The predicted octanol–water partition coefficient (Wildman–Crippen LogP) is 2.40. The van der Waals surface area contributed by atoms with Gasteiger partial charge in [0.25, 0.3) is 0 Å². The van der Waals surface area contributed by atoms with Crippen LogP contribution in [0.2, 0.25) is 0 Å². The maximum Gasteiger partial charge on any atom is 0.101 e. The average Bonchev–Trinajstić information content (AvgIpc) is 2.12. The third kappa shape index (κ3) is 0.989. The fourth-order valence-corrected chi connectivity index (χ4v) is 4.70. The van der Waals surface area contributed by atoms with E-state index in [9.17, 15) is 5.11 Å². The van der Waals surface area contributed by atoms with E-state index < -0.39 is 0 Å². The van der Waals surface area contributed by atoms with Crippen LogP contribution in [-0.4, -0.2) is 18.8 Å². The Balaban J connectivity index is 1.98. The Labute approximate surface area is 85.6 Å². The summed E-state index contributed by atoms with van der Waals surface area (Å²) in [5, 5.41) is 12.2. The normalized spacial score (nSPS) is 60.6. The number of hydrogen-bond donors (Lipinski definition) is 0. The molecule has 4 saturated carbocycles. The maximum absolute atomic E-state index is 12.2. The molecule has 1 unspecified atom stereocenters. The Morgan fingerprint density at radius 1 is 1.29 bits per heavy atom. The topological polar surface area (TPSA) is 29.1 Å². The van der Waals surface area contributed by atoms with Gasteiger partial charge in [-0.1, -0.05) is 6.92 Å². The van der Waals surface area contributed by atoms with Gasteiger partial charge in [0.1, 0.15) is 6.10 Å². The molecule has 0 saturated heterocycles. The highest BCUT2D eigenvalue weighted by atomic mass is 16.5. The van der Waals surface area contributed by atoms with Crippen LogP contribution in [0, 0.1) is 17.3 Å². The Hall–Kier alpha value is -0.0800. The van der Waals surface area contributed by atoms with Gasteiger partial charge < -0.3 is 4.74 Å². The lowest BCUT2D eigenvalue weighted by Crippen LogP contribution is -2.61. The van der Waals surface area contributed by atoms with Crippen LogP contribution < -0.4 is 0 Å². The Morgan fingerprint density at radius 2 is 2.07 bits per heavy atom. The van der Waals surface area contributed by atoms with E-state index in [4.69, 9.17) is 4.74 Å². The Bertz CT molecular complexity index is 259. The van der Waals surface area contributed by atoms with Gasteiger partial charge in [-0.15, -0.1) is 0 Å². The highest BCUT2D eigenvalue weighted by molar-refractivity contribution is 5.11. The first kappa shape index (κ1) is 9.17. The van der Waals surface area contributed by atoms with Crippen LogP contribution >= 0.6 is 0 Å². The summed E-state index contributed by atoms with van der Waals surface area (Å²) in [5.41, 5.74) is 0.127. The minimum Gasteiger partial charge on any atom is -0.378 e. The van der Waals surface area contributed by atoms with E-state index in [1.165, 1.54) is 12.8 Å². The second-order valence-electron chi connectivity index (χ2n) is 6.11. The first-order valence-electron chi connectivity index (χ1n) is 5.78. The van der Waals surface area contributed by atoms with Crippen molar-refractivity contribution in [3.63, 3.8) is 0 Å². The summed E-state index contributed by atoms with van der Waals surface area (Å²) in [7, 11) is 1.83. The van der Waals surface area contributed by atoms with E-state index in [-0.39, 0.29) is 17.1 Å². The van der Waals surface area contributed by atoms with Crippen LogP contribution in [0.4, 0.5) is 0 Å². The largest absolute Gasteiger partial charge is 0.378 e. The molecule has 4 bridgehead atoms. The Kier molecular flexibility index (Phi) is 1.66. The molecule has 0 amide bonds. The minimum absolute atomic E-state index is 0.0418. The van der Waals surface area contributed by atoms with Gasteiger partial charge in [0, 0.05) is 12.5 Å². The van der Waals surface area contributed by atoms with E-state index in [0.717, 1.165) is 25.2 Å². The average molecular weight is 195 g/mol. The summed E-state index contributed by atoms with van der Waals surface area (Å²) in [6, 6.07) is 0. The van der Waals surface area contributed by atoms with Crippen molar-refractivity contribution >= 4 is 0 Å². The summed E-state index contributed by atoms with van der Waals surface area (Å²) in [6.45, 7) is 2.19. The molecule has 4 aliphatic rings. The standard InChI is InChI=1S/C12H19O2/c1-11-4-8-3-9(10(11)13)6-12(5-8,7-11)14-2/h8-10H,3-7H2,1-2H3/t8-,9-,10?,11+,12-/m1/s1. The smallest absolute Gasteiger partial charge is 0.101 e. The minimum atomic E-state index is -0.317. The molecule has 14 heavy (non-hydrogen) atoms. The van der Waals surface area contributed by atoms with Gasteiger partial charge in [-0.05, 0) is 43.9 Å². The number of ether oxygens (including phenoxy) is 1. The lowest BCUT2D eigenvalue weighted by Gasteiger charge is -2.62. The monoisotopic (exact) mass is 195 g/mol. The van der Waals surface area contributed by atoms with Gasteiger partial charge in [0.2, 0.25) is 0 Å². The third-order valence-electron chi connectivity index (χ3n) is 4.96. The summed E-state index contributed by atoms with van der Waals surface area (Å²) in [6.07, 6.45) is 5.27. The van der Waals surface area contributed by atoms with Gasteiger partial charge in [0.05, 0.1) is 5.60 Å². The van der Waals surface area contributed by atoms with Gasteiger partial charge in [-0.3, -0.25) is 0 Å². The fraction of sp³-hybridized carbons (Fsp3) is 1.00. The molecule has 0 spiro atoms. The van der Waals surface area contributed by atoms with E-state index in [2.05, 4.69) is 6.92 Å². The number of rotatable bonds is 1. The van der Waals surface area contributed by atoms with E-state index in [1.54, 1.807) is 0 Å². The highest BCUT2D eigenvalue weighted by Crippen LogP contribution is 2.62. The molecule has 4 fully saturated rings. The van der Waals surface area contributed by atoms with Crippen molar-refractivity contribution in [3.05, 3.63) is 0 Å². The zero-order valence-electron chi connectivity index (χ0n) is 9.08. The van der Waals surface area contributed by atoms with Crippen molar-refractivity contribution in [3.8, 4) is 0 Å². The molecule has 0 aromatic carbocycles. The molecule has 0 aromatic heterocycles. The van der Waals surface area contributed by atoms with Crippen LogP contribution in [-0.2, 0) is 9.84 Å². The molecule has 4 aliphatic carbocycles. The first-order valence-corrected chi connectivity index (χ1v) is 5.78.